The van der Waals surface area contributed by atoms with Crippen LogP contribution in [0.4, 0.5) is 0 Å². The van der Waals surface area contributed by atoms with E-state index in [4.69, 9.17) is 4.74 Å². The van der Waals surface area contributed by atoms with Crippen molar-refractivity contribution in [3.05, 3.63) is 16.6 Å². The fourth-order valence-corrected chi connectivity index (χ4v) is 2.07. The Bertz CT molecular complexity index is 285. The lowest BCUT2D eigenvalue weighted by Crippen LogP contribution is -2.59. The normalized spacial score (nSPS) is 18.7. The van der Waals surface area contributed by atoms with Crippen LogP contribution in [0.15, 0.2) is 11.6 Å². The van der Waals surface area contributed by atoms with E-state index >= 15 is 0 Å². The summed E-state index contributed by atoms with van der Waals surface area (Å²) >= 11 is 1.68. The molecular weight excluding hydrogens is 210 g/mol. The predicted molar refractivity (Wildman–Crippen MR) is 61.0 cm³/mol. The highest BCUT2D eigenvalue weighted by atomic mass is 32.1. The molecule has 1 saturated heterocycles. The van der Waals surface area contributed by atoms with E-state index in [9.17, 15) is 0 Å². The molecule has 0 radical (unpaired) electrons. The zero-order valence-corrected chi connectivity index (χ0v) is 9.77. The highest BCUT2D eigenvalue weighted by Gasteiger charge is 2.31. The topological polar surface area (TPSA) is 46.2 Å². The fraction of sp³-hybridized carbons (Fsp3) is 0.700. The van der Waals surface area contributed by atoms with Crippen LogP contribution in [0.3, 0.4) is 0 Å². The quantitative estimate of drug-likeness (QED) is 0.699. The zero-order chi connectivity index (χ0) is 10.6. The number of nitrogens with zero attached hydrogens (tertiary/aromatic N) is 1. The zero-order valence-electron chi connectivity index (χ0n) is 8.95. The van der Waals surface area contributed by atoms with Gasteiger partial charge in [-0.25, -0.2) is 4.98 Å². The van der Waals surface area contributed by atoms with Crippen molar-refractivity contribution in [2.45, 2.75) is 19.1 Å². The minimum Gasteiger partial charge on any atom is -0.371 e. The Morgan fingerprint density at radius 2 is 2.53 bits per heavy atom. The summed E-state index contributed by atoms with van der Waals surface area (Å²) in [4.78, 5) is 4.20. The van der Waals surface area contributed by atoms with Crippen LogP contribution in [-0.2, 0) is 11.3 Å². The second kappa shape index (κ2) is 5.03. The Morgan fingerprint density at radius 1 is 1.67 bits per heavy atom. The summed E-state index contributed by atoms with van der Waals surface area (Å²) in [5.41, 5.74) is 0.0723. The van der Waals surface area contributed by atoms with Gasteiger partial charge in [0, 0.05) is 37.8 Å². The molecule has 0 amide bonds. The first-order valence-corrected chi connectivity index (χ1v) is 6.10. The fourth-order valence-electron chi connectivity index (χ4n) is 1.48. The minimum atomic E-state index is 0.0723. The lowest BCUT2D eigenvalue weighted by molar-refractivity contribution is -0.0648. The van der Waals surface area contributed by atoms with Crippen LogP contribution < -0.4 is 10.6 Å². The Balaban J connectivity index is 1.52. The minimum absolute atomic E-state index is 0.0723. The molecule has 2 N–H and O–H groups in total. The summed E-state index contributed by atoms with van der Waals surface area (Å²) in [6.45, 7) is 6.58. The number of rotatable bonds is 6. The van der Waals surface area contributed by atoms with Gasteiger partial charge in [-0.05, 0) is 6.92 Å². The molecule has 0 atom stereocenters. The number of hydrogen-bond donors (Lipinski definition) is 2. The van der Waals surface area contributed by atoms with Gasteiger partial charge in [0.1, 0.15) is 5.01 Å². The van der Waals surface area contributed by atoms with Gasteiger partial charge < -0.3 is 15.4 Å². The third kappa shape index (κ3) is 3.24. The van der Waals surface area contributed by atoms with Gasteiger partial charge in [-0.1, -0.05) is 0 Å². The van der Waals surface area contributed by atoms with Crippen LogP contribution in [0.25, 0.3) is 0 Å². The molecule has 2 rings (SSSR count). The summed E-state index contributed by atoms with van der Waals surface area (Å²) in [5, 5.41) is 9.65. The van der Waals surface area contributed by atoms with Crippen LogP contribution in [0, 0.1) is 0 Å². The number of thiazole rings is 1. The molecule has 0 spiro atoms. The molecule has 0 aliphatic carbocycles. The molecule has 4 nitrogen and oxygen atoms in total. The Hall–Kier alpha value is -0.490. The Kier molecular flexibility index (Phi) is 3.69. The third-order valence-corrected chi connectivity index (χ3v) is 3.27. The van der Waals surface area contributed by atoms with Gasteiger partial charge in [0.05, 0.1) is 12.2 Å². The molecule has 1 aliphatic heterocycles. The SMILES string of the molecule is CC1(OCCNCc2nccs2)CNC1. The van der Waals surface area contributed by atoms with Crippen molar-refractivity contribution in [3.63, 3.8) is 0 Å². The van der Waals surface area contributed by atoms with Crippen molar-refractivity contribution in [1.29, 1.82) is 0 Å². The van der Waals surface area contributed by atoms with E-state index in [1.807, 2.05) is 11.6 Å². The molecule has 5 heteroatoms. The molecule has 84 valence electrons. The van der Waals surface area contributed by atoms with Gasteiger partial charge in [0.2, 0.25) is 0 Å². The predicted octanol–water partition coefficient (Wildman–Crippen LogP) is 0.611. The number of aromatic nitrogens is 1. The van der Waals surface area contributed by atoms with Crippen LogP contribution in [0.5, 0.6) is 0 Å². The summed E-state index contributed by atoms with van der Waals surface area (Å²) in [7, 11) is 0. The van der Waals surface area contributed by atoms with Crippen molar-refractivity contribution in [2.24, 2.45) is 0 Å². The Morgan fingerprint density at radius 3 is 3.13 bits per heavy atom. The molecule has 1 aliphatic rings. The Labute approximate surface area is 94.1 Å². The van der Waals surface area contributed by atoms with Crippen LogP contribution in [0.1, 0.15) is 11.9 Å². The molecule has 0 unspecified atom stereocenters. The summed E-state index contributed by atoms with van der Waals surface area (Å²) < 4.78 is 5.74. The number of nitrogens with one attached hydrogen (secondary N) is 2. The van der Waals surface area contributed by atoms with Crippen LogP contribution >= 0.6 is 11.3 Å². The van der Waals surface area contributed by atoms with Gasteiger partial charge in [-0.15, -0.1) is 11.3 Å². The second-order valence-electron chi connectivity index (χ2n) is 4.00. The average Bonchev–Trinajstić information content (AvgIpc) is 2.67. The van der Waals surface area contributed by atoms with E-state index in [2.05, 4.69) is 22.5 Å². The van der Waals surface area contributed by atoms with Gasteiger partial charge in [0.15, 0.2) is 0 Å². The third-order valence-electron chi connectivity index (χ3n) is 2.49. The molecule has 1 aromatic rings. The lowest BCUT2D eigenvalue weighted by atomic mass is 10.0. The molecule has 0 saturated carbocycles. The molecular formula is C10H17N3OS. The lowest BCUT2D eigenvalue weighted by Gasteiger charge is -2.39. The molecule has 1 fully saturated rings. The first-order chi connectivity index (χ1) is 7.29. The standard InChI is InChI=1S/C10H17N3OS/c1-10(7-12-8-10)14-4-2-11-6-9-13-3-5-15-9/h3,5,11-12H,2,4,6-8H2,1H3. The van der Waals surface area contributed by atoms with E-state index in [0.29, 0.717) is 0 Å². The van der Waals surface area contributed by atoms with E-state index in [1.165, 1.54) is 0 Å². The van der Waals surface area contributed by atoms with E-state index in [0.717, 1.165) is 37.8 Å². The number of hydrogen-bond acceptors (Lipinski definition) is 5. The maximum Gasteiger partial charge on any atom is 0.106 e. The van der Waals surface area contributed by atoms with Gasteiger partial charge in [-0.3, -0.25) is 0 Å². The van der Waals surface area contributed by atoms with Crippen molar-refractivity contribution in [1.82, 2.24) is 15.6 Å². The van der Waals surface area contributed by atoms with Crippen molar-refractivity contribution in [2.75, 3.05) is 26.2 Å². The average molecular weight is 227 g/mol. The second-order valence-corrected chi connectivity index (χ2v) is 4.98. The van der Waals surface area contributed by atoms with E-state index in [1.54, 1.807) is 11.3 Å². The van der Waals surface area contributed by atoms with Gasteiger partial charge in [-0.2, -0.15) is 0 Å². The molecule has 1 aromatic heterocycles. The maximum atomic E-state index is 5.74. The van der Waals surface area contributed by atoms with Gasteiger partial charge in [0.25, 0.3) is 0 Å². The van der Waals surface area contributed by atoms with Crippen LogP contribution in [-0.4, -0.2) is 36.8 Å². The summed E-state index contributed by atoms with van der Waals surface area (Å²) in [6, 6.07) is 0. The van der Waals surface area contributed by atoms with Crippen molar-refractivity contribution < 1.29 is 4.74 Å². The van der Waals surface area contributed by atoms with Crippen LogP contribution in [0.2, 0.25) is 0 Å². The monoisotopic (exact) mass is 227 g/mol. The molecule has 0 bridgehead atoms. The first kappa shape index (κ1) is 11.0. The largest absolute Gasteiger partial charge is 0.371 e. The van der Waals surface area contributed by atoms with Crippen molar-refractivity contribution >= 4 is 11.3 Å². The molecule has 0 aromatic carbocycles. The summed E-state index contributed by atoms with van der Waals surface area (Å²) in [6.07, 6.45) is 1.83. The highest BCUT2D eigenvalue weighted by molar-refractivity contribution is 7.09. The molecule has 15 heavy (non-hydrogen) atoms. The first-order valence-electron chi connectivity index (χ1n) is 5.22. The van der Waals surface area contributed by atoms with E-state index in [-0.39, 0.29) is 5.60 Å². The van der Waals surface area contributed by atoms with Gasteiger partial charge >= 0.3 is 0 Å². The molecule has 2 heterocycles. The van der Waals surface area contributed by atoms with Crippen molar-refractivity contribution in [3.8, 4) is 0 Å². The smallest absolute Gasteiger partial charge is 0.106 e. The highest BCUT2D eigenvalue weighted by Crippen LogP contribution is 2.14. The number of ether oxygens (including phenoxy) is 1. The van der Waals surface area contributed by atoms with E-state index < -0.39 is 0 Å². The summed E-state index contributed by atoms with van der Waals surface area (Å²) in [5.74, 6) is 0. The maximum absolute atomic E-state index is 5.74.